The maximum Gasteiger partial charge on any atom is 0.379 e. The smallest absolute Gasteiger partial charge is 0.379 e. The molecule has 0 unspecified atom stereocenters. The molecule has 0 saturated carbocycles. The van der Waals surface area contributed by atoms with Gasteiger partial charge in [-0.25, -0.2) is 0 Å². The van der Waals surface area contributed by atoms with Crippen molar-refractivity contribution in [2.75, 3.05) is 0 Å². The molecule has 0 heterocycles. The average molecular weight is 279 g/mol. The van der Waals surface area contributed by atoms with Crippen LogP contribution in [0.1, 0.15) is 60.3 Å². The van der Waals surface area contributed by atoms with Crippen molar-refractivity contribution in [2.45, 2.75) is 72.5 Å². The largest absolute Gasteiger partial charge is 0.410 e. The molecule has 0 aliphatic carbocycles. The Morgan fingerprint density at radius 1 is 1.17 bits per heavy atom. The van der Waals surface area contributed by atoms with Crippen LogP contribution in [-0.2, 0) is 13.6 Å². The van der Waals surface area contributed by atoms with E-state index < -0.39 is 7.60 Å². The van der Waals surface area contributed by atoms with Gasteiger partial charge in [0.05, 0.1) is 12.2 Å². The van der Waals surface area contributed by atoms with E-state index in [-0.39, 0.29) is 17.7 Å². The third kappa shape index (κ3) is 6.53. The summed E-state index contributed by atoms with van der Waals surface area (Å²) in [6.07, 6.45) is 2.76. The third-order valence-corrected chi connectivity index (χ3v) is 4.48. The molecule has 0 aliphatic heterocycles. The van der Waals surface area contributed by atoms with Gasteiger partial charge in [0.2, 0.25) is 0 Å². The van der Waals surface area contributed by atoms with Crippen LogP contribution in [0.3, 0.4) is 0 Å². The van der Waals surface area contributed by atoms with Crippen molar-refractivity contribution < 1.29 is 18.8 Å². The molecule has 0 aromatic carbocycles. The fraction of sp³-hybridized carbons (Fsp3) is 0.917. The van der Waals surface area contributed by atoms with Gasteiger partial charge in [-0.2, -0.15) is 0 Å². The molecule has 0 aliphatic rings. The topological polar surface area (TPSA) is 68.1 Å². The molecule has 0 spiro atoms. The van der Waals surface area contributed by atoms with Crippen LogP contribution in [0.15, 0.2) is 5.16 Å². The van der Waals surface area contributed by atoms with Crippen LogP contribution in [0, 0.1) is 0 Å². The number of nitrogens with zero attached hydrogens (tertiary/aromatic N) is 1. The molecular formula is C12H26NO4P. The normalized spacial score (nSPS) is 13.6. The van der Waals surface area contributed by atoms with Gasteiger partial charge in [0.15, 0.2) is 5.45 Å². The lowest BCUT2D eigenvalue weighted by molar-refractivity contribution is 0.151. The fourth-order valence-electron chi connectivity index (χ4n) is 1.48. The fourth-order valence-corrected chi connectivity index (χ4v) is 3.42. The summed E-state index contributed by atoms with van der Waals surface area (Å²) in [6, 6.07) is 0. The highest BCUT2D eigenvalue weighted by atomic mass is 31.2. The van der Waals surface area contributed by atoms with E-state index >= 15 is 0 Å². The van der Waals surface area contributed by atoms with Gasteiger partial charge >= 0.3 is 7.60 Å². The van der Waals surface area contributed by atoms with Crippen molar-refractivity contribution in [1.82, 2.24) is 0 Å². The lowest BCUT2D eigenvalue weighted by atomic mass is 10.2. The van der Waals surface area contributed by atoms with Gasteiger partial charge in [-0.05, 0) is 34.1 Å². The molecule has 0 aromatic heterocycles. The Hall–Kier alpha value is -0.380. The number of oxime groups is 1. The van der Waals surface area contributed by atoms with E-state index in [0.29, 0.717) is 6.42 Å². The second-order valence-electron chi connectivity index (χ2n) is 4.78. The Labute approximate surface area is 110 Å². The minimum absolute atomic E-state index is 0.123. The zero-order valence-electron chi connectivity index (χ0n) is 12.0. The minimum atomic E-state index is -3.48. The van der Waals surface area contributed by atoms with Crippen LogP contribution >= 0.6 is 7.60 Å². The number of unbranched alkanes of at least 4 members (excludes halogenated alkanes) is 2. The third-order valence-electron chi connectivity index (χ3n) is 2.13. The summed E-state index contributed by atoms with van der Waals surface area (Å²) in [5.41, 5.74) is 0.123. The van der Waals surface area contributed by atoms with Gasteiger partial charge in [-0.3, -0.25) is 4.57 Å². The summed E-state index contributed by atoms with van der Waals surface area (Å²) >= 11 is 0. The highest BCUT2D eigenvalue weighted by molar-refractivity contribution is 7.72. The van der Waals surface area contributed by atoms with Crippen molar-refractivity contribution in [1.29, 1.82) is 0 Å². The molecule has 18 heavy (non-hydrogen) atoms. The number of hydrogen-bond donors (Lipinski definition) is 1. The van der Waals surface area contributed by atoms with Gasteiger partial charge < -0.3 is 14.3 Å². The quantitative estimate of drug-likeness (QED) is 0.223. The lowest BCUT2D eigenvalue weighted by Gasteiger charge is -2.23. The predicted molar refractivity (Wildman–Crippen MR) is 73.4 cm³/mol. The zero-order chi connectivity index (χ0) is 14.2. The van der Waals surface area contributed by atoms with Crippen LogP contribution in [0.4, 0.5) is 0 Å². The summed E-state index contributed by atoms with van der Waals surface area (Å²) in [7, 11) is -3.48. The molecule has 0 rings (SSSR count). The van der Waals surface area contributed by atoms with E-state index in [1.54, 1.807) is 27.7 Å². The average Bonchev–Trinajstić information content (AvgIpc) is 2.21. The predicted octanol–water partition coefficient (Wildman–Crippen LogP) is 4.40. The van der Waals surface area contributed by atoms with Gasteiger partial charge in [0, 0.05) is 6.42 Å². The summed E-state index contributed by atoms with van der Waals surface area (Å²) < 4.78 is 23.4. The Morgan fingerprint density at radius 3 is 2.00 bits per heavy atom. The van der Waals surface area contributed by atoms with Gasteiger partial charge in [-0.1, -0.05) is 24.9 Å². The molecule has 0 amide bonds. The highest BCUT2D eigenvalue weighted by Gasteiger charge is 2.34. The van der Waals surface area contributed by atoms with E-state index in [9.17, 15) is 4.57 Å². The molecule has 1 N–H and O–H groups in total. The summed E-state index contributed by atoms with van der Waals surface area (Å²) in [5, 5.41) is 12.2. The van der Waals surface area contributed by atoms with E-state index in [4.69, 9.17) is 14.3 Å². The van der Waals surface area contributed by atoms with Gasteiger partial charge in [0.25, 0.3) is 0 Å². The summed E-state index contributed by atoms with van der Waals surface area (Å²) in [6.45, 7) is 9.17. The first kappa shape index (κ1) is 17.6. The molecule has 0 fully saturated rings. The van der Waals surface area contributed by atoms with Crippen LogP contribution in [-0.4, -0.2) is 22.9 Å². The molecular weight excluding hydrogens is 253 g/mol. The zero-order valence-corrected chi connectivity index (χ0v) is 12.9. The van der Waals surface area contributed by atoms with Crippen LogP contribution in [0.2, 0.25) is 0 Å². The second-order valence-corrected chi connectivity index (χ2v) is 6.71. The number of rotatable bonds is 9. The van der Waals surface area contributed by atoms with E-state index in [2.05, 4.69) is 12.1 Å². The van der Waals surface area contributed by atoms with E-state index in [1.165, 1.54) is 0 Å². The first-order valence-electron chi connectivity index (χ1n) is 6.54. The Morgan fingerprint density at radius 2 is 1.67 bits per heavy atom. The van der Waals surface area contributed by atoms with Crippen molar-refractivity contribution in [2.24, 2.45) is 5.16 Å². The first-order valence-corrected chi connectivity index (χ1v) is 8.08. The summed E-state index contributed by atoms with van der Waals surface area (Å²) in [4.78, 5) is 0. The van der Waals surface area contributed by atoms with Crippen molar-refractivity contribution in [3.63, 3.8) is 0 Å². The Balaban J connectivity index is 4.85. The maximum absolute atomic E-state index is 12.6. The molecule has 0 saturated heterocycles. The Kier molecular flexibility index (Phi) is 8.49. The molecule has 0 atom stereocenters. The maximum atomic E-state index is 12.6. The van der Waals surface area contributed by atoms with Gasteiger partial charge in [0.1, 0.15) is 0 Å². The van der Waals surface area contributed by atoms with Crippen molar-refractivity contribution >= 4 is 13.0 Å². The molecule has 0 bridgehead atoms. The first-order chi connectivity index (χ1) is 8.35. The molecule has 0 radical (unpaired) electrons. The monoisotopic (exact) mass is 279 g/mol. The van der Waals surface area contributed by atoms with Crippen LogP contribution in [0.25, 0.3) is 0 Å². The highest BCUT2D eigenvalue weighted by Crippen LogP contribution is 2.53. The van der Waals surface area contributed by atoms with Crippen molar-refractivity contribution in [3.8, 4) is 0 Å². The van der Waals surface area contributed by atoms with E-state index in [0.717, 1.165) is 19.3 Å². The lowest BCUT2D eigenvalue weighted by Crippen LogP contribution is -2.14. The standard InChI is InChI=1S/C12H26NO4P/c1-6-7-8-9-12(13-14)18(15,16-10(2)3)17-11(4)5/h10-11,14H,6-9H2,1-5H3/b13-12+. The van der Waals surface area contributed by atoms with Crippen LogP contribution < -0.4 is 0 Å². The molecule has 108 valence electrons. The molecule has 6 heteroatoms. The minimum Gasteiger partial charge on any atom is -0.410 e. The van der Waals surface area contributed by atoms with Crippen molar-refractivity contribution in [3.05, 3.63) is 0 Å². The number of hydrogen-bond acceptors (Lipinski definition) is 5. The van der Waals surface area contributed by atoms with E-state index in [1.807, 2.05) is 0 Å². The van der Waals surface area contributed by atoms with Gasteiger partial charge in [-0.15, -0.1) is 0 Å². The Bertz CT molecular complexity index is 288. The summed E-state index contributed by atoms with van der Waals surface area (Å²) in [5.74, 6) is 0. The van der Waals surface area contributed by atoms with Crippen LogP contribution in [0.5, 0.6) is 0 Å². The second kappa shape index (κ2) is 8.68. The molecule has 0 aromatic rings. The SMILES string of the molecule is CCCCC/C(=N\O)P(=O)(OC(C)C)OC(C)C. The molecule has 5 nitrogen and oxygen atoms in total.